The van der Waals surface area contributed by atoms with Gasteiger partial charge >= 0.3 is 0 Å². The predicted octanol–water partition coefficient (Wildman–Crippen LogP) is 1.92. The summed E-state index contributed by atoms with van der Waals surface area (Å²) in [5.74, 6) is -0.190. The Bertz CT molecular complexity index is 392. The van der Waals surface area contributed by atoms with E-state index in [1.165, 1.54) is 0 Å². The van der Waals surface area contributed by atoms with E-state index in [2.05, 4.69) is 10.4 Å². The van der Waals surface area contributed by atoms with Crippen LogP contribution >= 0.6 is 11.6 Å². The number of hydrogen-bond acceptors (Lipinski definition) is 2. The van der Waals surface area contributed by atoms with Gasteiger partial charge in [-0.1, -0.05) is 0 Å². The molecule has 0 radical (unpaired) electrons. The zero-order chi connectivity index (χ0) is 12.5. The van der Waals surface area contributed by atoms with Crippen LogP contribution in [0.2, 0.25) is 0 Å². The molecule has 0 saturated heterocycles. The zero-order valence-electron chi connectivity index (χ0n) is 10.3. The number of halogens is 1. The van der Waals surface area contributed by atoms with Crippen molar-refractivity contribution in [2.45, 2.75) is 38.6 Å². The molecule has 16 heavy (non-hydrogen) atoms. The van der Waals surface area contributed by atoms with Gasteiger partial charge in [-0.3, -0.25) is 9.48 Å². The van der Waals surface area contributed by atoms with E-state index in [-0.39, 0.29) is 11.4 Å². The van der Waals surface area contributed by atoms with E-state index in [1.54, 1.807) is 10.9 Å². The molecule has 5 heteroatoms. The second kappa shape index (κ2) is 4.45. The van der Waals surface area contributed by atoms with Crippen LogP contribution < -0.4 is 5.32 Å². The number of hydrogen-bond donors (Lipinski definition) is 1. The molecule has 1 N–H and O–H groups in total. The number of amides is 1. The molecule has 0 spiro atoms. The molecule has 1 aromatic heterocycles. The number of alkyl halides is 1. The number of rotatable bonds is 2. The fourth-order valence-corrected chi connectivity index (χ4v) is 1.61. The lowest BCUT2D eigenvalue weighted by Gasteiger charge is -2.22. The summed E-state index contributed by atoms with van der Waals surface area (Å²) in [4.78, 5) is 11.8. The molecule has 0 aromatic carbocycles. The topological polar surface area (TPSA) is 46.9 Å². The summed E-state index contributed by atoms with van der Waals surface area (Å²) in [5, 5.41) is 6.23. The predicted molar refractivity (Wildman–Crippen MR) is 64.4 cm³/mol. The third-order valence-corrected chi connectivity index (χ3v) is 2.71. The largest absolute Gasteiger partial charge is 0.350 e. The Balaban J connectivity index is 2.83. The summed E-state index contributed by atoms with van der Waals surface area (Å²) in [5.41, 5.74) is 1.38. The third-order valence-electron chi connectivity index (χ3n) is 2.27. The first kappa shape index (κ1) is 13.0. The SMILES string of the molecule is Cc1c(C(Cl)C(=O)NC(C)(C)C)cnn1C. The van der Waals surface area contributed by atoms with Gasteiger partial charge in [-0.05, 0) is 27.7 Å². The van der Waals surface area contributed by atoms with E-state index in [1.807, 2.05) is 34.7 Å². The van der Waals surface area contributed by atoms with Gasteiger partial charge in [0, 0.05) is 23.8 Å². The molecule has 1 unspecified atom stereocenters. The zero-order valence-corrected chi connectivity index (χ0v) is 11.1. The maximum absolute atomic E-state index is 11.8. The molecular formula is C11H18ClN3O. The monoisotopic (exact) mass is 243 g/mol. The van der Waals surface area contributed by atoms with Crippen LogP contribution in [0.15, 0.2) is 6.20 Å². The summed E-state index contributed by atoms with van der Waals surface area (Å²) in [6.45, 7) is 7.65. The van der Waals surface area contributed by atoms with Crippen molar-refractivity contribution >= 4 is 17.5 Å². The highest BCUT2D eigenvalue weighted by Crippen LogP contribution is 2.24. The summed E-state index contributed by atoms with van der Waals surface area (Å²) >= 11 is 6.12. The number of nitrogens with zero attached hydrogens (tertiary/aromatic N) is 2. The van der Waals surface area contributed by atoms with Crippen LogP contribution in [0.3, 0.4) is 0 Å². The number of aryl methyl sites for hydroxylation is 1. The van der Waals surface area contributed by atoms with Crippen molar-refractivity contribution in [1.29, 1.82) is 0 Å². The Kier molecular flexibility index (Phi) is 3.63. The van der Waals surface area contributed by atoms with Gasteiger partial charge in [0.1, 0.15) is 5.38 Å². The third kappa shape index (κ3) is 2.98. The molecule has 0 aliphatic carbocycles. The maximum Gasteiger partial charge on any atom is 0.243 e. The molecule has 1 amide bonds. The van der Waals surface area contributed by atoms with Gasteiger partial charge in [0.2, 0.25) is 5.91 Å². The molecule has 1 rings (SSSR count). The van der Waals surface area contributed by atoms with Crippen molar-refractivity contribution in [3.05, 3.63) is 17.5 Å². The van der Waals surface area contributed by atoms with E-state index >= 15 is 0 Å². The normalized spacial score (nSPS) is 13.6. The average molecular weight is 244 g/mol. The lowest BCUT2D eigenvalue weighted by atomic mass is 10.1. The van der Waals surface area contributed by atoms with Gasteiger partial charge in [-0.2, -0.15) is 5.10 Å². The molecule has 1 heterocycles. The van der Waals surface area contributed by atoms with E-state index in [4.69, 9.17) is 11.6 Å². The van der Waals surface area contributed by atoms with Crippen LogP contribution in [-0.4, -0.2) is 21.2 Å². The van der Waals surface area contributed by atoms with Crippen LogP contribution in [0.1, 0.15) is 37.4 Å². The van der Waals surface area contributed by atoms with Gasteiger partial charge in [0.05, 0.1) is 6.20 Å². The Hall–Kier alpha value is -1.03. The van der Waals surface area contributed by atoms with Crippen LogP contribution in [-0.2, 0) is 11.8 Å². The van der Waals surface area contributed by atoms with Gasteiger partial charge in [-0.25, -0.2) is 0 Å². The lowest BCUT2D eigenvalue weighted by Crippen LogP contribution is -2.42. The second-order valence-electron chi connectivity index (χ2n) is 4.91. The number of carbonyl (C=O) groups excluding carboxylic acids is 1. The molecule has 1 aromatic rings. The standard InChI is InChI=1S/C11H18ClN3O/c1-7-8(6-13-15(7)5)9(12)10(16)14-11(2,3)4/h6,9H,1-5H3,(H,14,16). The summed E-state index contributed by atoms with van der Waals surface area (Å²) in [7, 11) is 1.82. The summed E-state index contributed by atoms with van der Waals surface area (Å²) in [6.07, 6.45) is 1.63. The molecule has 0 fully saturated rings. The van der Waals surface area contributed by atoms with Crippen LogP contribution in [0, 0.1) is 6.92 Å². The highest BCUT2D eigenvalue weighted by Gasteiger charge is 2.25. The van der Waals surface area contributed by atoms with E-state index in [0.29, 0.717) is 0 Å². The molecule has 0 saturated carbocycles. The van der Waals surface area contributed by atoms with Crippen molar-refractivity contribution in [3.8, 4) is 0 Å². The molecule has 1 atom stereocenters. The van der Waals surface area contributed by atoms with Crippen LogP contribution in [0.5, 0.6) is 0 Å². The van der Waals surface area contributed by atoms with Crippen molar-refractivity contribution in [3.63, 3.8) is 0 Å². The molecule has 0 aliphatic heterocycles. The minimum atomic E-state index is -0.687. The quantitative estimate of drug-likeness (QED) is 0.807. The average Bonchev–Trinajstić information content (AvgIpc) is 2.44. The summed E-state index contributed by atoms with van der Waals surface area (Å²) in [6, 6.07) is 0. The first-order valence-corrected chi connectivity index (χ1v) is 5.60. The molecule has 90 valence electrons. The van der Waals surface area contributed by atoms with Crippen molar-refractivity contribution in [2.24, 2.45) is 7.05 Å². The Morgan fingerprint density at radius 1 is 1.56 bits per heavy atom. The fourth-order valence-electron chi connectivity index (χ4n) is 1.34. The maximum atomic E-state index is 11.8. The number of carbonyl (C=O) groups is 1. The van der Waals surface area contributed by atoms with Gasteiger partial charge in [0.25, 0.3) is 0 Å². The van der Waals surface area contributed by atoms with Gasteiger partial charge < -0.3 is 5.32 Å². The van der Waals surface area contributed by atoms with Crippen molar-refractivity contribution in [2.75, 3.05) is 0 Å². The Morgan fingerprint density at radius 2 is 2.12 bits per heavy atom. The Labute approximate surface area is 101 Å². The van der Waals surface area contributed by atoms with E-state index in [0.717, 1.165) is 11.3 Å². The van der Waals surface area contributed by atoms with Gasteiger partial charge in [0.15, 0.2) is 0 Å². The van der Waals surface area contributed by atoms with Crippen LogP contribution in [0.25, 0.3) is 0 Å². The molecular weight excluding hydrogens is 226 g/mol. The highest BCUT2D eigenvalue weighted by molar-refractivity contribution is 6.30. The molecule has 0 aliphatic rings. The van der Waals surface area contributed by atoms with Crippen molar-refractivity contribution in [1.82, 2.24) is 15.1 Å². The lowest BCUT2D eigenvalue weighted by molar-refractivity contribution is -0.122. The van der Waals surface area contributed by atoms with Gasteiger partial charge in [-0.15, -0.1) is 11.6 Å². The smallest absolute Gasteiger partial charge is 0.243 e. The Morgan fingerprint density at radius 3 is 2.50 bits per heavy atom. The van der Waals surface area contributed by atoms with E-state index in [9.17, 15) is 4.79 Å². The minimum absolute atomic E-state index is 0.190. The number of nitrogens with one attached hydrogen (secondary N) is 1. The van der Waals surface area contributed by atoms with Crippen molar-refractivity contribution < 1.29 is 4.79 Å². The number of aromatic nitrogens is 2. The first-order chi connectivity index (χ1) is 7.22. The minimum Gasteiger partial charge on any atom is -0.350 e. The first-order valence-electron chi connectivity index (χ1n) is 5.17. The molecule has 4 nitrogen and oxygen atoms in total. The van der Waals surface area contributed by atoms with Crippen LogP contribution in [0.4, 0.5) is 0 Å². The molecule has 0 bridgehead atoms. The fraction of sp³-hybridized carbons (Fsp3) is 0.636. The summed E-state index contributed by atoms with van der Waals surface area (Å²) < 4.78 is 1.70. The highest BCUT2D eigenvalue weighted by atomic mass is 35.5. The second-order valence-corrected chi connectivity index (χ2v) is 5.35. The van der Waals surface area contributed by atoms with E-state index < -0.39 is 5.38 Å².